The fraction of sp³-hybridized carbons (Fsp3) is 0.370. The van der Waals surface area contributed by atoms with Crippen LogP contribution in [0.15, 0.2) is 47.0 Å². The van der Waals surface area contributed by atoms with Gasteiger partial charge in [0.1, 0.15) is 35.4 Å². The van der Waals surface area contributed by atoms with Gasteiger partial charge in [0.25, 0.3) is 5.91 Å². The number of oxime groups is 1. The van der Waals surface area contributed by atoms with Crippen molar-refractivity contribution in [2.24, 2.45) is 16.3 Å². The van der Waals surface area contributed by atoms with Crippen molar-refractivity contribution in [3.8, 4) is 5.75 Å². The van der Waals surface area contributed by atoms with E-state index in [1.807, 2.05) is 6.92 Å². The van der Waals surface area contributed by atoms with E-state index in [4.69, 9.17) is 30.5 Å². The molecule has 44 heavy (non-hydrogen) atoms. The van der Waals surface area contributed by atoms with E-state index in [2.05, 4.69) is 15.5 Å². The van der Waals surface area contributed by atoms with Crippen molar-refractivity contribution in [1.29, 1.82) is 0 Å². The number of hydrogen-bond donors (Lipinski definition) is 3. The third-order valence-electron chi connectivity index (χ3n) is 6.50. The third-order valence-corrected chi connectivity index (χ3v) is 8.73. The number of carbonyl (C=O) groups excluding carboxylic acids is 5. The minimum absolute atomic E-state index is 0.00374. The number of thioether (sulfide) groups is 1. The van der Waals surface area contributed by atoms with Crippen molar-refractivity contribution in [2.75, 3.05) is 38.5 Å². The van der Waals surface area contributed by atoms with Gasteiger partial charge in [-0.1, -0.05) is 24.2 Å². The second kappa shape index (κ2) is 14.3. The summed E-state index contributed by atoms with van der Waals surface area (Å²) < 4.78 is 15.4. The van der Waals surface area contributed by atoms with Gasteiger partial charge in [-0.05, 0) is 30.7 Å². The summed E-state index contributed by atoms with van der Waals surface area (Å²) in [6, 6.07) is 4.70. The summed E-state index contributed by atoms with van der Waals surface area (Å²) in [6.45, 7) is 0.950. The second-order valence-electron chi connectivity index (χ2n) is 9.46. The highest BCUT2D eigenvalue weighted by Gasteiger charge is 2.57. The van der Waals surface area contributed by atoms with Crippen LogP contribution in [0.2, 0.25) is 0 Å². The van der Waals surface area contributed by atoms with Gasteiger partial charge in [-0.2, -0.15) is 0 Å². The van der Waals surface area contributed by atoms with Crippen molar-refractivity contribution in [1.82, 2.24) is 15.2 Å². The number of anilines is 1. The smallest absolute Gasteiger partial charge is 0.341 e. The number of hydrogen-bond acceptors (Lipinski definition) is 15. The van der Waals surface area contributed by atoms with E-state index in [1.165, 1.54) is 48.0 Å². The molecule has 2 saturated heterocycles. The number of rotatable bonds is 12. The van der Waals surface area contributed by atoms with Crippen LogP contribution in [0, 0.1) is 5.41 Å². The lowest BCUT2D eigenvalue weighted by Gasteiger charge is -2.53. The van der Waals surface area contributed by atoms with E-state index >= 15 is 0 Å². The van der Waals surface area contributed by atoms with E-state index in [0.29, 0.717) is 6.42 Å². The summed E-state index contributed by atoms with van der Waals surface area (Å²) in [7, 11) is 1.28. The first kappa shape index (κ1) is 32.4. The van der Waals surface area contributed by atoms with Gasteiger partial charge in [0.2, 0.25) is 12.7 Å². The molecule has 0 bridgehead atoms. The molecule has 1 aromatic carbocycles. The molecule has 0 saturated carbocycles. The van der Waals surface area contributed by atoms with Crippen molar-refractivity contribution in [3.05, 3.63) is 53.1 Å². The number of esters is 3. The van der Waals surface area contributed by atoms with Crippen molar-refractivity contribution in [3.63, 3.8) is 0 Å². The van der Waals surface area contributed by atoms with Gasteiger partial charge in [-0.3, -0.25) is 19.2 Å². The molecule has 234 valence electrons. The number of nitrogens with zero attached hydrogens (tertiary/aromatic N) is 3. The number of nitrogens with two attached hydrogens (primary N) is 2. The molecule has 0 aliphatic carbocycles. The first-order valence-electron chi connectivity index (χ1n) is 13.2. The van der Waals surface area contributed by atoms with Crippen LogP contribution in [0.1, 0.15) is 29.4 Å². The molecular formula is C27H30N6O9S2. The average Bonchev–Trinajstić information content (AvgIpc) is 3.46. The van der Waals surface area contributed by atoms with Gasteiger partial charge >= 0.3 is 17.9 Å². The first-order chi connectivity index (χ1) is 21.1. The van der Waals surface area contributed by atoms with Crippen molar-refractivity contribution in [2.45, 2.75) is 24.8 Å². The lowest BCUT2D eigenvalue weighted by molar-refractivity contribution is -0.165. The Balaban J connectivity index is 1.35. The van der Waals surface area contributed by atoms with Crippen LogP contribution in [0.3, 0.4) is 0 Å². The molecular weight excluding hydrogens is 616 g/mol. The van der Waals surface area contributed by atoms with E-state index < -0.39 is 47.4 Å². The summed E-state index contributed by atoms with van der Waals surface area (Å²) >= 11 is 2.43. The number of β-lactam (4-membered cyclic amide) rings is 1. The third kappa shape index (κ3) is 7.17. The van der Waals surface area contributed by atoms with Gasteiger partial charge in [0, 0.05) is 17.7 Å². The Kier molecular flexibility index (Phi) is 10.6. The van der Waals surface area contributed by atoms with Gasteiger partial charge in [0.05, 0.1) is 12.1 Å². The largest absolute Gasteiger partial charge is 0.427 e. The first-order valence-corrected chi connectivity index (χ1v) is 15.1. The Morgan fingerprint density at radius 3 is 2.61 bits per heavy atom. The zero-order chi connectivity index (χ0) is 31.9. The van der Waals surface area contributed by atoms with Crippen molar-refractivity contribution < 1.29 is 43.0 Å². The van der Waals surface area contributed by atoms with Crippen LogP contribution in [-0.4, -0.2) is 89.5 Å². The second-order valence-corrected chi connectivity index (χ2v) is 11.5. The van der Waals surface area contributed by atoms with E-state index in [1.54, 1.807) is 17.5 Å². The summed E-state index contributed by atoms with van der Waals surface area (Å²) in [6.07, 6.45) is 4.12. The lowest BCUT2D eigenvalue weighted by Crippen LogP contribution is -2.74. The Bertz CT molecular complexity index is 1480. The molecule has 17 heteroatoms. The Labute approximate surface area is 259 Å². The van der Waals surface area contributed by atoms with Gasteiger partial charge in [-0.25, -0.2) is 9.78 Å². The molecule has 3 heterocycles. The number of nitrogens with one attached hydrogen (secondary N) is 1. The van der Waals surface area contributed by atoms with Crippen LogP contribution in [0.25, 0.3) is 0 Å². The molecule has 0 radical (unpaired) electrons. The molecule has 1 aromatic heterocycles. The molecule has 2 amide bonds. The minimum atomic E-state index is -1.20. The monoisotopic (exact) mass is 646 g/mol. The molecule has 4 rings (SSSR count). The Morgan fingerprint density at radius 1 is 1.23 bits per heavy atom. The standard InChI is InChI=1S/C27H30N6O9S2/c1-3-4-9-27(25(38)41-14-40-24(37)15-5-7-16(8-6-15)42-18(34)10-28)12-33-22(36)20(23(33)44-13-27)31-21(35)19(32-39-2)17-11-43-26(29)30-17/h4-9,11,20,23H,3,10,12-14,28H2,1-2H3,(H2,29,30)(H,31,35)/t20?,23-,27?/m1/s1. The highest BCUT2D eigenvalue weighted by atomic mass is 32.2. The number of ether oxygens (including phenoxy) is 3. The van der Waals surface area contributed by atoms with Gasteiger partial charge in [-0.15, -0.1) is 23.1 Å². The summed E-state index contributed by atoms with van der Waals surface area (Å²) in [5, 5.41) is 7.77. The zero-order valence-electron chi connectivity index (χ0n) is 23.7. The predicted octanol–water partition coefficient (Wildman–Crippen LogP) is 0.650. The van der Waals surface area contributed by atoms with Crippen LogP contribution in [0.4, 0.5) is 5.13 Å². The number of thiazole rings is 1. The number of carbonyl (C=O) groups is 5. The topological polar surface area (TPSA) is 215 Å². The minimum Gasteiger partial charge on any atom is -0.427 e. The van der Waals surface area contributed by atoms with E-state index in [-0.39, 0.29) is 52.6 Å². The summed E-state index contributed by atoms with van der Waals surface area (Å²) in [5.74, 6) is -2.68. The maximum absolute atomic E-state index is 13.3. The van der Waals surface area contributed by atoms with Crippen LogP contribution in [-0.2, 0) is 33.5 Å². The van der Waals surface area contributed by atoms with E-state index in [0.717, 1.165) is 11.3 Å². The SMILES string of the molecule is CCC=CC1(C(=O)OCOC(=O)c2ccc(OC(=O)CN)cc2)CS[C@@H]2C(NC(=O)C(=NOC)c3csc(N)n3)C(=O)N2C1. The fourth-order valence-corrected chi connectivity index (χ4v) is 6.38. The van der Waals surface area contributed by atoms with E-state index in [9.17, 15) is 24.0 Å². The molecule has 2 fully saturated rings. The molecule has 5 N–H and O–H groups in total. The van der Waals surface area contributed by atoms with Gasteiger partial charge in [0.15, 0.2) is 10.8 Å². The molecule has 2 aliphatic heterocycles. The van der Waals surface area contributed by atoms with Crippen LogP contribution in [0.5, 0.6) is 5.75 Å². The summed E-state index contributed by atoms with van der Waals surface area (Å²) in [4.78, 5) is 73.4. The average molecular weight is 647 g/mol. The van der Waals surface area contributed by atoms with Crippen LogP contribution >= 0.6 is 23.1 Å². The Hall–Kier alpha value is -4.48. The number of benzene rings is 1. The predicted molar refractivity (Wildman–Crippen MR) is 159 cm³/mol. The fourth-order valence-electron chi connectivity index (χ4n) is 4.33. The zero-order valence-corrected chi connectivity index (χ0v) is 25.4. The highest BCUT2D eigenvalue weighted by molar-refractivity contribution is 8.00. The lowest BCUT2D eigenvalue weighted by atomic mass is 9.86. The number of fused-ring (bicyclic) bond motifs is 1. The number of allylic oxidation sites excluding steroid dienone is 1. The maximum atomic E-state index is 13.3. The molecule has 15 nitrogen and oxygen atoms in total. The summed E-state index contributed by atoms with van der Waals surface area (Å²) in [5.41, 5.74) is 9.90. The van der Waals surface area contributed by atoms with Gasteiger partial charge < -0.3 is 40.7 Å². The molecule has 3 atom stereocenters. The Morgan fingerprint density at radius 2 is 1.98 bits per heavy atom. The normalized spacial score (nSPS) is 21.2. The number of amides is 2. The molecule has 2 aliphatic rings. The quantitative estimate of drug-likeness (QED) is 0.0550. The highest BCUT2D eigenvalue weighted by Crippen LogP contribution is 2.43. The van der Waals surface area contributed by atoms with Crippen molar-refractivity contribution >= 4 is 63.7 Å². The molecule has 2 aromatic rings. The van der Waals surface area contributed by atoms with Crippen LogP contribution < -0.4 is 21.5 Å². The number of aromatic nitrogens is 1. The molecule has 2 unspecified atom stereocenters. The molecule has 0 spiro atoms. The maximum Gasteiger partial charge on any atom is 0.341 e. The number of nitrogen functional groups attached to an aromatic ring is 1.